The summed E-state index contributed by atoms with van der Waals surface area (Å²) in [6, 6.07) is 19.8. The number of aromatic carboxylic acids is 1. The molecule has 28 heavy (non-hydrogen) atoms. The van der Waals surface area contributed by atoms with Crippen molar-refractivity contribution in [3.8, 4) is 0 Å². The zero-order chi connectivity index (χ0) is 20.1. The first-order valence-electron chi connectivity index (χ1n) is 9.41. The number of carboxylic acids is 1. The van der Waals surface area contributed by atoms with Crippen LogP contribution in [-0.2, 0) is 12.0 Å². The average Bonchev–Trinajstić information content (AvgIpc) is 2.67. The summed E-state index contributed by atoms with van der Waals surface area (Å²) in [4.78, 5) is 10.9. The topological polar surface area (TPSA) is 41.2 Å². The number of carboxylic acid groups (broad SMARTS) is 1. The van der Waals surface area contributed by atoms with Crippen molar-refractivity contribution in [3.05, 3.63) is 101 Å². The third-order valence-electron chi connectivity index (χ3n) is 4.73. The number of hydrogen-bond donors (Lipinski definition) is 1. The molecule has 0 bridgehead atoms. The van der Waals surface area contributed by atoms with Crippen LogP contribution in [-0.4, -0.2) is 11.1 Å². The lowest BCUT2D eigenvalue weighted by Crippen LogP contribution is -2.33. The molecule has 1 N–H and O–H groups in total. The number of benzene rings is 2. The molecule has 1 heterocycles. The van der Waals surface area contributed by atoms with Gasteiger partial charge in [-0.05, 0) is 34.2 Å². The summed E-state index contributed by atoms with van der Waals surface area (Å²) in [6.45, 7) is 7.37. The number of aromatic nitrogens is 1. The zero-order valence-electron chi connectivity index (χ0n) is 16.6. The molecular formula is C25H26NO2+. The second-order valence-corrected chi connectivity index (χ2v) is 8.01. The Morgan fingerprint density at radius 2 is 1.39 bits per heavy atom. The Morgan fingerprint density at radius 3 is 1.89 bits per heavy atom. The fraction of sp³-hybridized carbons (Fsp3) is 0.200. The van der Waals surface area contributed by atoms with Gasteiger partial charge in [0.1, 0.15) is 0 Å². The van der Waals surface area contributed by atoms with E-state index in [0.29, 0.717) is 12.1 Å². The molecule has 3 nitrogen and oxygen atoms in total. The van der Waals surface area contributed by atoms with Crippen molar-refractivity contribution in [2.24, 2.45) is 0 Å². The SMILES string of the molecule is CC(C)(C)c1ccc(/C=C\c2cc[n+](Cc3ccc(C(=O)O)cc3)cc2)cc1. The number of carbonyl (C=O) groups is 1. The Labute approximate surface area is 166 Å². The van der Waals surface area contributed by atoms with Gasteiger partial charge < -0.3 is 5.11 Å². The molecule has 0 saturated carbocycles. The monoisotopic (exact) mass is 372 g/mol. The summed E-state index contributed by atoms with van der Waals surface area (Å²) in [5.41, 5.74) is 5.20. The van der Waals surface area contributed by atoms with Crippen LogP contribution in [0.15, 0.2) is 73.1 Å². The van der Waals surface area contributed by atoms with Crippen LogP contribution in [0, 0.1) is 0 Å². The van der Waals surface area contributed by atoms with Crippen LogP contribution in [0.5, 0.6) is 0 Å². The summed E-state index contributed by atoms with van der Waals surface area (Å²) in [7, 11) is 0. The molecule has 142 valence electrons. The van der Waals surface area contributed by atoms with Crippen LogP contribution >= 0.6 is 0 Å². The van der Waals surface area contributed by atoms with Gasteiger partial charge in [-0.1, -0.05) is 69.3 Å². The molecule has 0 unspecified atom stereocenters. The van der Waals surface area contributed by atoms with E-state index in [-0.39, 0.29) is 5.41 Å². The van der Waals surface area contributed by atoms with Gasteiger partial charge in [-0.2, -0.15) is 0 Å². The predicted octanol–water partition coefficient (Wildman–Crippen LogP) is 5.19. The van der Waals surface area contributed by atoms with E-state index in [0.717, 1.165) is 11.1 Å². The van der Waals surface area contributed by atoms with Gasteiger partial charge in [0.15, 0.2) is 18.9 Å². The van der Waals surface area contributed by atoms with Crippen LogP contribution < -0.4 is 4.57 Å². The lowest BCUT2D eigenvalue weighted by molar-refractivity contribution is -0.688. The summed E-state index contributed by atoms with van der Waals surface area (Å²) in [5.74, 6) is -0.900. The standard InChI is InChI=1S/C25H25NO2/c1-25(2,3)23-12-8-19(9-13-23)4-5-20-14-16-26(17-15-20)18-21-6-10-22(11-7-21)24(27)28/h4-17H,18H2,1-3H3/p+1/b5-4-. The van der Waals surface area contributed by atoms with E-state index >= 15 is 0 Å². The Bertz CT molecular complexity index is 961. The first-order chi connectivity index (χ1) is 13.3. The number of hydrogen-bond acceptors (Lipinski definition) is 1. The van der Waals surface area contributed by atoms with E-state index in [2.05, 4.69) is 73.9 Å². The van der Waals surface area contributed by atoms with E-state index in [1.54, 1.807) is 12.1 Å². The van der Waals surface area contributed by atoms with Crippen molar-refractivity contribution in [3.63, 3.8) is 0 Å². The highest BCUT2D eigenvalue weighted by atomic mass is 16.4. The minimum Gasteiger partial charge on any atom is -0.478 e. The molecule has 3 rings (SSSR count). The van der Waals surface area contributed by atoms with Crippen molar-refractivity contribution in [1.29, 1.82) is 0 Å². The largest absolute Gasteiger partial charge is 0.478 e. The molecule has 3 heteroatoms. The summed E-state index contributed by atoms with van der Waals surface area (Å²) >= 11 is 0. The van der Waals surface area contributed by atoms with Gasteiger partial charge in [0.05, 0.1) is 5.56 Å². The molecule has 0 aliphatic heterocycles. The van der Waals surface area contributed by atoms with Crippen LogP contribution in [0.25, 0.3) is 12.2 Å². The fourth-order valence-electron chi connectivity index (χ4n) is 2.94. The quantitative estimate of drug-likeness (QED) is 0.626. The van der Waals surface area contributed by atoms with Gasteiger partial charge in [-0.3, -0.25) is 0 Å². The molecule has 0 saturated heterocycles. The van der Waals surface area contributed by atoms with Crippen LogP contribution in [0.4, 0.5) is 0 Å². The smallest absolute Gasteiger partial charge is 0.335 e. The first kappa shape index (κ1) is 19.6. The molecule has 0 atom stereocenters. The molecule has 0 radical (unpaired) electrons. The lowest BCUT2D eigenvalue weighted by atomic mass is 9.87. The van der Waals surface area contributed by atoms with E-state index < -0.39 is 5.97 Å². The summed E-state index contributed by atoms with van der Waals surface area (Å²) < 4.78 is 2.07. The van der Waals surface area contributed by atoms with E-state index in [1.165, 1.54) is 11.1 Å². The third-order valence-corrected chi connectivity index (χ3v) is 4.73. The van der Waals surface area contributed by atoms with Crippen molar-refractivity contribution < 1.29 is 14.5 Å². The van der Waals surface area contributed by atoms with Gasteiger partial charge in [-0.25, -0.2) is 9.36 Å². The molecule has 0 aliphatic rings. The van der Waals surface area contributed by atoms with Gasteiger partial charge in [-0.15, -0.1) is 0 Å². The third kappa shape index (κ3) is 5.17. The maximum Gasteiger partial charge on any atom is 0.335 e. The molecule has 0 aliphatic carbocycles. The first-order valence-corrected chi connectivity index (χ1v) is 9.41. The van der Waals surface area contributed by atoms with Gasteiger partial charge in [0.25, 0.3) is 0 Å². The second-order valence-electron chi connectivity index (χ2n) is 8.01. The molecule has 1 aromatic heterocycles. The highest BCUT2D eigenvalue weighted by Crippen LogP contribution is 2.22. The van der Waals surface area contributed by atoms with Crippen LogP contribution in [0.3, 0.4) is 0 Å². The maximum atomic E-state index is 10.9. The molecule has 0 spiro atoms. The Kier molecular flexibility index (Phi) is 5.74. The van der Waals surface area contributed by atoms with Crippen LogP contribution in [0.1, 0.15) is 53.4 Å². The van der Waals surface area contributed by atoms with E-state index in [9.17, 15) is 4.79 Å². The Morgan fingerprint density at radius 1 is 0.857 bits per heavy atom. The maximum absolute atomic E-state index is 10.9. The second kappa shape index (κ2) is 8.22. The molecule has 0 fully saturated rings. The van der Waals surface area contributed by atoms with Crippen molar-refractivity contribution >= 4 is 18.1 Å². The summed E-state index contributed by atoms with van der Waals surface area (Å²) in [6.07, 6.45) is 8.30. The van der Waals surface area contributed by atoms with E-state index in [1.807, 2.05) is 24.5 Å². The average molecular weight is 372 g/mol. The van der Waals surface area contributed by atoms with Crippen LogP contribution in [0.2, 0.25) is 0 Å². The van der Waals surface area contributed by atoms with Crippen molar-refractivity contribution in [1.82, 2.24) is 0 Å². The fourth-order valence-corrected chi connectivity index (χ4v) is 2.94. The number of pyridine rings is 1. The minimum absolute atomic E-state index is 0.170. The Hall–Kier alpha value is -3.20. The lowest BCUT2D eigenvalue weighted by Gasteiger charge is -2.18. The summed E-state index contributed by atoms with van der Waals surface area (Å²) in [5, 5.41) is 8.97. The van der Waals surface area contributed by atoms with Gasteiger partial charge in [0, 0.05) is 17.7 Å². The number of rotatable bonds is 5. The van der Waals surface area contributed by atoms with E-state index in [4.69, 9.17) is 5.11 Å². The van der Waals surface area contributed by atoms with Gasteiger partial charge >= 0.3 is 5.97 Å². The minimum atomic E-state index is -0.900. The van der Waals surface area contributed by atoms with Gasteiger partial charge in [0.2, 0.25) is 0 Å². The zero-order valence-corrected chi connectivity index (χ0v) is 16.6. The molecular weight excluding hydrogens is 346 g/mol. The normalized spacial score (nSPS) is 11.7. The Balaban J connectivity index is 1.64. The van der Waals surface area contributed by atoms with Crippen molar-refractivity contribution in [2.45, 2.75) is 32.7 Å². The van der Waals surface area contributed by atoms with Crippen molar-refractivity contribution in [2.75, 3.05) is 0 Å². The highest BCUT2D eigenvalue weighted by Gasteiger charge is 2.12. The predicted molar refractivity (Wildman–Crippen MR) is 113 cm³/mol. The number of nitrogens with zero attached hydrogens (tertiary/aromatic N) is 1. The highest BCUT2D eigenvalue weighted by molar-refractivity contribution is 5.87. The molecule has 2 aromatic carbocycles. The molecule has 0 amide bonds. The molecule has 3 aromatic rings.